The van der Waals surface area contributed by atoms with Crippen LogP contribution in [0.4, 0.5) is 17.2 Å². The fourth-order valence-corrected chi connectivity index (χ4v) is 3.28. The highest BCUT2D eigenvalue weighted by molar-refractivity contribution is 6.33. The third-order valence-electron chi connectivity index (χ3n) is 4.38. The van der Waals surface area contributed by atoms with Crippen LogP contribution in [0.3, 0.4) is 0 Å². The average Bonchev–Trinajstić information content (AvgIpc) is 2.69. The Morgan fingerprint density at radius 1 is 1.00 bits per heavy atom. The molecule has 5 nitrogen and oxygen atoms in total. The van der Waals surface area contributed by atoms with Crippen LogP contribution >= 0.6 is 11.6 Å². The topological polar surface area (TPSA) is 58.1 Å². The van der Waals surface area contributed by atoms with Crippen LogP contribution in [-0.2, 0) is 6.42 Å². The first-order valence-electron chi connectivity index (χ1n) is 8.47. The highest BCUT2D eigenvalue weighted by Crippen LogP contribution is 2.28. The van der Waals surface area contributed by atoms with Gasteiger partial charge in [-0.1, -0.05) is 41.9 Å². The molecular formula is C20H17ClN4O. The van der Waals surface area contributed by atoms with E-state index < -0.39 is 0 Å². The summed E-state index contributed by atoms with van der Waals surface area (Å²) in [7, 11) is 0. The number of amides is 1. The summed E-state index contributed by atoms with van der Waals surface area (Å²) in [5, 5.41) is 11.9. The lowest BCUT2D eigenvalue weighted by Crippen LogP contribution is -2.36. The Bertz CT molecular complexity index is 943. The number of hydrogen-bond acceptors (Lipinski definition) is 4. The molecule has 4 rings (SSSR count). The van der Waals surface area contributed by atoms with Gasteiger partial charge in [0.2, 0.25) is 0 Å². The van der Waals surface area contributed by atoms with E-state index in [-0.39, 0.29) is 5.91 Å². The monoisotopic (exact) mass is 364 g/mol. The van der Waals surface area contributed by atoms with E-state index >= 15 is 0 Å². The van der Waals surface area contributed by atoms with Gasteiger partial charge in [-0.15, -0.1) is 10.2 Å². The molecule has 0 saturated carbocycles. The van der Waals surface area contributed by atoms with Crippen molar-refractivity contribution in [2.45, 2.75) is 12.8 Å². The van der Waals surface area contributed by atoms with Gasteiger partial charge in [0.15, 0.2) is 11.5 Å². The molecule has 0 radical (unpaired) electrons. The highest BCUT2D eigenvalue weighted by Gasteiger charge is 2.24. The van der Waals surface area contributed by atoms with E-state index in [0.717, 1.165) is 24.2 Å². The summed E-state index contributed by atoms with van der Waals surface area (Å²) in [6.45, 7) is 0.692. The van der Waals surface area contributed by atoms with Crippen LogP contribution in [-0.4, -0.2) is 22.6 Å². The van der Waals surface area contributed by atoms with Crippen LogP contribution in [0.15, 0.2) is 60.7 Å². The number of anilines is 3. The Labute approximate surface area is 156 Å². The first kappa shape index (κ1) is 16.5. The summed E-state index contributed by atoms with van der Waals surface area (Å²) in [6, 6.07) is 18.8. The summed E-state index contributed by atoms with van der Waals surface area (Å²) < 4.78 is 0. The van der Waals surface area contributed by atoms with Crippen molar-refractivity contribution in [3.05, 3.63) is 76.9 Å². The zero-order valence-electron chi connectivity index (χ0n) is 14.0. The average molecular weight is 365 g/mol. The molecular weight excluding hydrogens is 348 g/mol. The maximum atomic E-state index is 12.9. The number of fused-ring (bicyclic) bond motifs is 1. The van der Waals surface area contributed by atoms with Gasteiger partial charge in [0.1, 0.15) is 0 Å². The molecule has 0 unspecified atom stereocenters. The van der Waals surface area contributed by atoms with Crippen molar-refractivity contribution in [1.82, 2.24) is 10.2 Å². The Hall–Kier alpha value is -2.92. The minimum atomic E-state index is -0.131. The summed E-state index contributed by atoms with van der Waals surface area (Å²) in [6.07, 6.45) is 1.94. The lowest BCUT2D eigenvalue weighted by atomic mass is 10.0. The van der Waals surface area contributed by atoms with E-state index in [0.29, 0.717) is 23.1 Å². The largest absolute Gasteiger partial charge is 0.338 e. The molecule has 6 heteroatoms. The second kappa shape index (κ2) is 7.14. The lowest BCUT2D eigenvalue weighted by molar-refractivity contribution is 0.0979. The van der Waals surface area contributed by atoms with Gasteiger partial charge in [-0.3, -0.25) is 4.79 Å². The molecule has 0 spiro atoms. The highest BCUT2D eigenvalue weighted by atomic mass is 35.5. The molecule has 1 aliphatic heterocycles. The van der Waals surface area contributed by atoms with E-state index in [1.54, 1.807) is 23.1 Å². The van der Waals surface area contributed by atoms with Crippen LogP contribution in [0.2, 0.25) is 5.02 Å². The third kappa shape index (κ3) is 3.26. The van der Waals surface area contributed by atoms with Crippen LogP contribution in [0, 0.1) is 0 Å². The van der Waals surface area contributed by atoms with Crippen LogP contribution in [0.1, 0.15) is 22.5 Å². The Morgan fingerprint density at radius 2 is 1.81 bits per heavy atom. The van der Waals surface area contributed by atoms with Crippen molar-refractivity contribution in [1.29, 1.82) is 0 Å². The summed E-state index contributed by atoms with van der Waals surface area (Å²) >= 11 is 6.13. The van der Waals surface area contributed by atoms with Crippen molar-refractivity contribution in [3.63, 3.8) is 0 Å². The maximum absolute atomic E-state index is 12.9. The van der Waals surface area contributed by atoms with Gasteiger partial charge >= 0.3 is 0 Å². The number of rotatable bonds is 3. The molecule has 0 bridgehead atoms. The van der Waals surface area contributed by atoms with Crippen molar-refractivity contribution < 1.29 is 4.79 Å². The van der Waals surface area contributed by atoms with Crippen LogP contribution in [0.5, 0.6) is 0 Å². The molecule has 1 N–H and O–H groups in total. The zero-order chi connectivity index (χ0) is 17.9. The van der Waals surface area contributed by atoms with E-state index in [1.807, 2.05) is 36.4 Å². The first-order valence-corrected chi connectivity index (χ1v) is 8.85. The van der Waals surface area contributed by atoms with Gasteiger partial charge in [0, 0.05) is 12.2 Å². The van der Waals surface area contributed by atoms with Gasteiger partial charge in [0.05, 0.1) is 10.7 Å². The summed E-state index contributed by atoms with van der Waals surface area (Å²) in [5.41, 5.74) is 3.22. The number of hydrogen-bond donors (Lipinski definition) is 1. The number of nitrogens with one attached hydrogen (secondary N) is 1. The van der Waals surface area contributed by atoms with Crippen molar-refractivity contribution in [2.75, 3.05) is 16.8 Å². The molecule has 1 aromatic heterocycles. The molecule has 2 aromatic carbocycles. The molecule has 0 atom stereocenters. The van der Waals surface area contributed by atoms with E-state index in [2.05, 4.69) is 21.6 Å². The zero-order valence-corrected chi connectivity index (χ0v) is 14.8. The molecule has 26 heavy (non-hydrogen) atoms. The van der Waals surface area contributed by atoms with Crippen LogP contribution < -0.4 is 10.2 Å². The number of nitrogens with zero attached hydrogens (tertiary/aromatic N) is 3. The molecule has 0 fully saturated rings. The van der Waals surface area contributed by atoms with Gasteiger partial charge in [0.25, 0.3) is 5.91 Å². The number of benzene rings is 2. The fourth-order valence-electron chi connectivity index (χ4n) is 3.10. The molecule has 130 valence electrons. The first-order chi connectivity index (χ1) is 12.7. The van der Waals surface area contributed by atoms with Gasteiger partial charge in [-0.2, -0.15) is 0 Å². The smallest absolute Gasteiger partial charge is 0.278 e. The SMILES string of the molecule is O=C(c1ccc(Nc2ccccc2Cl)nn1)N1CCCc2ccccc21. The minimum absolute atomic E-state index is 0.131. The standard InChI is InChI=1S/C20H17ClN4O/c21-15-8-2-3-9-16(15)22-19-12-11-17(23-24-19)20(26)25-13-5-7-14-6-1-4-10-18(14)25/h1-4,6,8-12H,5,7,13H2,(H,22,24). The van der Waals surface area contributed by atoms with Gasteiger partial charge in [-0.05, 0) is 48.7 Å². The minimum Gasteiger partial charge on any atom is -0.338 e. The number of carbonyl (C=O) groups is 1. The second-order valence-corrected chi connectivity index (χ2v) is 6.50. The number of aryl methyl sites for hydroxylation is 1. The number of carbonyl (C=O) groups excluding carboxylic acids is 1. The molecule has 0 aliphatic carbocycles. The second-order valence-electron chi connectivity index (χ2n) is 6.10. The third-order valence-corrected chi connectivity index (χ3v) is 4.71. The normalized spacial score (nSPS) is 13.2. The Morgan fingerprint density at radius 3 is 2.62 bits per heavy atom. The number of aromatic nitrogens is 2. The quantitative estimate of drug-likeness (QED) is 0.745. The number of para-hydroxylation sites is 2. The van der Waals surface area contributed by atoms with Gasteiger partial charge < -0.3 is 10.2 Å². The molecule has 1 amide bonds. The van der Waals surface area contributed by atoms with Crippen molar-refractivity contribution in [2.24, 2.45) is 0 Å². The molecule has 0 saturated heterocycles. The molecule has 2 heterocycles. The maximum Gasteiger partial charge on any atom is 0.278 e. The fraction of sp³-hybridized carbons (Fsp3) is 0.150. The summed E-state index contributed by atoms with van der Waals surface area (Å²) in [5.74, 6) is 0.405. The van der Waals surface area contributed by atoms with Crippen molar-refractivity contribution >= 4 is 34.7 Å². The summed E-state index contributed by atoms with van der Waals surface area (Å²) in [4.78, 5) is 14.6. The van der Waals surface area contributed by atoms with Crippen molar-refractivity contribution in [3.8, 4) is 0 Å². The predicted molar refractivity (Wildman–Crippen MR) is 103 cm³/mol. The van der Waals surface area contributed by atoms with Gasteiger partial charge in [-0.25, -0.2) is 0 Å². The van der Waals surface area contributed by atoms with E-state index in [1.165, 1.54) is 5.56 Å². The predicted octanol–water partition coefficient (Wildman–Crippen LogP) is 4.47. The molecule has 1 aliphatic rings. The Kier molecular flexibility index (Phi) is 4.54. The Balaban J connectivity index is 1.54. The molecule has 3 aromatic rings. The van der Waals surface area contributed by atoms with E-state index in [4.69, 9.17) is 11.6 Å². The lowest BCUT2D eigenvalue weighted by Gasteiger charge is -2.29. The number of halogens is 1. The van der Waals surface area contributed by atoms with E-state index in [9.17, 15) is 4.79 Å². The van der Waals surface area contributed by atoms with Crippen LogP contribution in [0.25, 0.3) is 0 Å².